The Morgan fingerprint density at radius 3 is 2.10 bits per heavy atom. The fourth-order valence-corrected chi connectivity index (χ4v) is 3.16. The summed E-state index contributed by atoms with van der Waals surface area (Å²) in [5, 5.41) is 3.28. The number of rotatable bonds is 5. The van der Waals surface area contributed by atoms with Gasteiger partial charge in [-0.25, -0.2) is 27.0 Å². The first-order valence-corrected chi connectivity index (χ1v) is 9.25. The molecule has 0 aliphatic carbocycles. The average molecular weight is 479 g/mol. The zero-order chi connectivity index (χ0) is 23.0. The Morgan fingerprint density at radius 2 is 1.55 bits per heavy atom. The van der Waals surface area contributed by atoms with Gasteiger partial charge in [0.2, 0.25) is 11.7 Å². The first-order chi connectivity index (χ1) is 14.5. The molecule has 0 radical (unpaired) electrons. The third-order valence-corrected chi connectivity index (χ3v) is 5.09. The maximum absolute atomic E-state index is 14.0. The second-order valence-corrected chi connectivity index (χ2v) is 7.18. The van der Waals surface area contributed by atoms with Crippen molar-refractivity contribution in [3.63, 3.8) is 0 Å². The molecule has 1 fully saturated rings. The lowest BCUT2D eigenvalue weighted by Crippen LogP contribution is -2.42. The van der Waals surface area contributed by atoms with Crippen LogP contribution in [0.3, 0.4) is 0 Å². The summed E-state index contributed by atoms with van der Waals surface area (Å²) in [5.74, 6) is -12.4. The van der Waals surface area contributed by atoms with Crippen LogP contribution >= 0.6 is 23.8 Å². The fraction of sp³-hybridized carbons (Fsp3) is 0.167. The number of nitrogens with zero attached hydrogens (tertiary/aromatic N) is 2. The Labute approximate surface area is 182 Å². The highest BCUT2D eigenvalue weighted by Crippen LogP contribution is 2.30. The summed E-state index contributed by atoms with van der Waals surface area (Å²) in [6.07, 6.45) is -0.547. The largest absolute Gasteiger partial charge is 0.326 e. The molecule has 0 aromatic heterocycles. The molecule has 0 bridgehead atoms. The van der Waals surface area contributed by atoms with Crippen LogP contribution in [0.15, 0.2) is 24.3 Å². The summed E-state index contributed by atoms with van der Waals surface area (Å²) < 4.78 is 68.4. The van der Waals surface area contributed by atoms with Crippen LogP contribution < -0.4 is 10.7 Å². The molecule has 31 heavy (non-hydrogen) atoms. The van der Waals surface area contributed by atoms with Crippen molar-refractivity contribution in [2.24, 2.45) is 0 Å². The lowest BCUT2D eigenvalue weighted by atomic mass is 10.2. The summed E-state index contributed by atoms with van der Waals surface area (Å²) in [6.45, 7) is 0. The summed E-state index contributed by atoms with van der Waals surface area (Å²) in [7, 11) is 1.23. The number of benzene rings is 2. The first-order valence-electron chi connectivity index (χ1n) is 8.47. The molecule has 1 atom stereocenters. The van der Waals surface area contributed by atoms with Crippen LogP contribution in [-0.4, -0.2) is 39.9 Å². The standard InChI is InChI=1S/C18H12ClF5N4O2S/c1-27-17(30)9(6-10(29)25-8-4-2-7(19)3-5-8)28(18(27)31)26-16-14(23)12(21)11(20)13(22)15(16)24/h2-5,9,26H,6H2,1H3,(H,25,29)/t9-/m1/s1. The van der Waals surface area contributed by atoms with E-state index in [0.29, 0.717) is 15.7 Å². The summed E-state index contributed by atoms with van der Waals surface area (Å²) in [4.78, 5) is 25.7. The molecule has 1 heterocycles. The van der Waals surface area contributed by atoms with Crippen LogP contribution in [0.1, 0.15) is 6.42 Å². The van der Waals surface area contributed by atoms with Gasteiger partial charge in [-0.05, 0) is 36.5 Å². The highest BCUT2D eigenvalue weighted by molar-refractivity contribution is 7.80. The average Bonchev–Trinajstić information content (AvgIpc) is 2.93. The van der Waals surface area contributed by atoms with Gasteiger partial charge in [0.1, 0.15) is 11.7 Å². The number of hydrogen-bond acceptors (Lipinski definition) is 4. The van der Waals surface area contributed by atoms with E-state index in [2.05, 4.69) is 5.32 Å². The van der Waals surface area contributed by atoms with Gasteiger partial charge < -0.3 is 5.32 Å². The van der Waals surface area contributed by atoms with Crippen molar-refractivity contribution in [3.05, 3.63) is 58.4 Å². The topological polar surface area (TPSA) is 64.7 Å². The molecule has 2 amide bonds. The van der Waals surface area contributed by atoms with Gasteiger partial charge in [0.05, 0.1) is 6.42 Å². The number of likely N-dealkylation sites (N-methyl/N-ethyl adjacent to an activating group) is 1. The van der Waals surface area contributed by atoms with Gasteiger partial charge in [0.25, 0.3) is 5.91 Å². The Balaban J connectivity index is 1.86. The number of carbonyl (C=O) groups is 2. The Morgan fingerprint density at radius 1 is 1.03 bits per heavy atom. The van der Waals surface area contributed by atoms with E-state index in [1.54, 1.807) is 0 Å². The highest BCUT2D eigenvalue weighted by Gasteiger charge is 2.43. The van der Waals surface area contributed by atoms with Crippen molar-refractivity contribution in [2.75, 3.05) is 17.8 Å². The zero-order valence-corrected chi connectivity index (χ0v) is 17.1. The fourth-order valence-electron chi connectivity index (χ4n) is 2.77. The van der Waals surface area contributed by atoms with E-state index >= 15 is 0 Å². The molecule has 164 valence electrons. The van der Waals surface area contributed by atoms with Crippen LogP contribution in [0.5, 0.6) is 0 Å². The van der Waals surface area contributed by atoms with Crippen molar-refractivity contribution in [2.45, 2.75) is 12.5 Å². The Kier molecular flexibility index (Phi) is 6.32. The number of nitrogens with one attached hydrogen (secondary N) is 2. The predicted octanol–water partition coefficient (Wildman–Crippen LogP) is 3.82. The van der Waals surface area contributed by atoms with Crippen molar-refractivity contribution >= 4 is 52.1 Å². The Bertz CT molecular complexity index is 1060. The van der Waals surface area contributed by atoms with Crippen LogP contribution in [0, 0.1) is 29.1 Å². The smallest absolute Gasteiger partial charge is 0.253 e. The van der Waals surface area contributed by atoms with E-state index in [9.17, 15) is 31.5 Å². The van der Waals surface area contributed by atoms with Gasteiger partial charge in [0, 0.05) is 17.8 Å². The van der Waals surface area contributed by atoms with E-state index < -0.39 is 59.1 Å². The van der Waals surface area contributed by atoms with Crippen LogP contribution in [-0.2, 0) is 9.59 Å². The molecule has 2 aromatic rings. The summed E-state index contributed by atoms with van der Waals surface area (Å²) in [6, 6.07) is 4.60. The molecular weight excluding hydrogens is 467 g/mol. The van der Waals surface area contributed by atoms with E-state index in [1.165, 1.54) is 31.3 Å². The number of amides is 2. The second-order valence-electron chi connectivity index (χ2n) is 6.38. The first kappa shape index (κ1) is 22.7. The van der Waals surface area contributed by atoms with Gasteiger partial charge in [-0.2, -0.15) is 0 Å². The lowest BCUT2D eigenvalue weighted by Gasteiger charge is -2.25. The quantitative estimate of drug-likeness (QED) is 0.296. The molecule has 2 N–H and O–H groups in total. The normalized spacial score (nSPS) is 16.2. The zero-order valence-electron chi connectivity index (χ0n) is 15.5. The number of hydrogen-bond donors (Lipinski definition) is 2. The predicted molar refractivity (Wildman–Crippen MR) is 106 cm³/mol. The molecule has 1 saturated heterocycles. The highest BCUT2D eigenvalue weighted by atomic mass is 35.5. The SMILES string of the molecule is CN1C(=O)[C@@H](CC(=O)Nc2ccc(Cl)cc2)N(Nc2c(F)c(F)c(F)c(F)c2F)C1=S. The number of halogens is 6. The van der Waals surface area contributed by atoms with Crippen molar-refractivity contribution in [3.8, 4) is 0 Å². The number of thiocarbonyl (C=S) groups is 1. The minimum absolute atomic E-state index is 0.335. The van der Waals surface area contributed by atoms with Gasteiger partial charge in [-0.3, -0.25) is 19.9 Å². The minimum Gasteiger partial charge on any atom is -0.326 e. The van der Waals surface area contributed by atoms with E-state index in [1.807, 2.05) is 5.43 Å². The third-order valence-electron chi connectivity index (χ3n) is 4.37. The molecule has 0 spiro atoms. The van der Waals surface area contributed by atoms with Crippen molar-refractivity contribution < 1.29 is 31.5 Å². The van der Waals surface area contributed by atoms with Crippen molar-refractivity contribution in [1.29, 1.82) is 0 Å². The third kappa shape index (κ3) is 4.26. The van der Waals surface area contributed by atoms with E-state index in [4.69, 9.17) is 23.8 Å². The van der Waals surface area contributed by atoms with Gasteiger partial charge >= 0.3 is 0 Å². The second kappa shape index (κ2) is 8.63. The molecule has 1 aliphatic heterocycles. The molecule has 0 saturated carbocycles. The summed E-state index contributed by atoms with van der Waals surface area (Å²) in [5.41, 5.74) is 0.904. The minimum atomic E-state index is -2.34. The van der Waals surface area contributed by atoms with E-state index in [-0.39, 0.29) is 5.11 Å². The monoisotopic (exact) mass is 478 g/mol. The van der Waals surface area contributed by atoms with Gasteiger partial charge in [0.15, 0.2) is 28.4 Å². The number of hydrazine groups is 1. The summed E-state index contributed by atoms with van der Waals surface area (Å²) >= 11 is 10.8. The molecule has 1 aliphatic rings. The molecular formula is C18H12ClF5N4O2S. The Hall–Kier alpha value is -2.99. The van der Waals surface area contributed by atoms with Crippen LogP contribution in [0.2, 0.25) is 5.02 Å². The van der Waals surface area contributed by atoms with Crippen molar-refractivity contribution in [1.82, 2.24) is 9.91 Å². The number of carbonyl (C=O) groups excluding carboxylic acids is 2. The van der Waals surface area contributed by atoms with Gasteiger partial charge in [-0.1, -0.05) is 11.6 Å². The van der Waals surface area contributed by atoms with Crippen LogP contribution in [0.25, 0.3) is 0 Å². The molecule has 2 aromatic carbocycles. The number of anilines is 2. The molecule has 0 unspecified atom stereocenters. The molecule has 13 heteroatoms. The maximum atomic E-state index is 14.0. The van der Waals surface area contributed by atoms with Crippen LogP contribution in [0.4, 0.5) is 33.3 Å². The molecule has 3 rings (SSSR count). The van der Waals surface area contributed by atoms with E-state index in [0.717, 1.165) is 4.90 Å². The maximum Gasteiger partial charge on any atom is 0.253 e. The molecule has 6 nitrogen and oxygen atoms in total. The van der Waals surface area contributed by atoms with Gasteiger partial charge in [-0.15, -0.1) is 0 Å². The lowest BCUT2D eigenvalue weighted by molar-refractivity contribution is -0.129.